The zero-order valence-corrected chi connectivity index (χ0v) is 19.6. The molecule has 7 heteroatoms. The molecule has 0 fully saturated rings. The van der Waals surface area contributed by atoms with Gasteiger partial charge in [-0.2, -0.15) is 0 Å². The van der Waals surface area contributed by atoms with Crippen LogP contribution in [-0.2, 0) is 23.0 Å². The maximum absolute atomic E-state index is 12.6. The van der Waals surface area contributed by atoms with Crippen LogP contribution in [0.15, 0.2) is 77.7 Å². The fourth-order valence-corrected chi connectivity index (χ4v) is 5.09. The Labute approximate surface area is 194 Å². The third-order valence-electron chi connectivity index (χ3n) is 5.65. The van der Waals surface area contributed by atoms with Crippen molar-refractivity contribution in [3.05, 3.63) is 95.3 Å². The van der Waals surface area contributed by atoms with E-state index in [4.69, 9.17) is 4.98 Å². The molecule has 6 nitrogen and oxygen atoms in total. The Morgan fingerprint density at radius 2 is 1.67 bits per heavy atom. The average molecular weight is 462 g/mol. The molecule has 0 unspecified atom stereocenters. The predicted octanol–water partition coefficient (Wildman–Crippen LogP) is 4.85. The summed E-state index contributed by atoms with van der Waals surface area (Å²) in [7, 11) is -3.94. The van der Waals surface area contributed by atoms with Crippen molar-refractivity contribution in [1.82, 2.24) is 14.3 Å². The van der Waals surface area contributed by atoms with Crippen molar-refractivity contribution in [3.8, 4) is 0 Å². The highest BCUT2D eigenvalue weighted by atomic mass is 32.2. The second-order valence-electron chi connectivity index (χ2n) is 8.10. The Balaban J connectivity index is 1.53. The fourth-order valence-electron chi connectivity index (χ4n) is 3.87. The van der Waals surface area contributed by atoms with Crippen LogP contribution in [0.1, 0.15) is 47.1 Å². The highest BCUT2D eigenvalue weighted by Gasteiger charge is 2.20. The smallest absolute Gasteiger partial charge is 0.264 e. The summed E-state index contributed by atoms with van der Waals surface area (Å²) in [5.41, 5.74) is 3.93. The van der Waals surface area contributed by atoms with Gasteiger partial charge in [-0.1, -0.05) is 55.8 Å². The van der Waals surface area contributed by atoms with Gasteiger partial charge in [-0.05, 0) is 54.8 Å². The Morgan fingerprint density at radius 1 is 0.970 bits per heavy atom. The first-order chi connectivity index (χ1) is 15.9. The van der Waals surface area contributed by atoms with Gasteiger partial charge in [-0.3, -0.25) is 4.79 Å². The number of para-hydroxylation sites is 2. The largest absolute Gasteiger partial charge is 0.323 e. The molecule has 0 spiro atoms. The summed E-state index contributed by atoms with van der Waals surface area (Å²) in [6, 6.07) is 21.7. The molecule has 1 heterocycles. The summed E-state index contributed by atoms with van der Waals surface area (Å²) in [6.07, 6.45) is 3.07. The number of hydrogen-bond donors (Lipinski definition) is 1. The van der Waals surface area contributed by atoms with Crippen LogP contribution in [0.4, 0.5) is 0 Å². The van der Waals surface area contributed by atoms with Gasteiger partial charge in [0.25, 0.3) is 15.9 Å². The van der Waals surface area contributed by atoms with Crippen molar-refractivity contribution >= 4 is 27.0 Å². The molecule has 33 heavy (non-hydrogen) atoms. The van der Waals surface area contributed by atoms with E-state index in [9.17, 15) is 13.2 Å². The Hall–Kier alpha value is -3.45. The number of rotatable bonds is 8. The lowest BCUT2D eigenvalue weighted by molar-refractivity contribution is 0.0981. The molecule has 4 rings (SSSR count). The van der Waals surface area contributed by atoms with Gasteiger partial charge in [0.2, 0.25) is 0 Å². The van der Waals surface area contributed by atoms with E-state index in [0.29, 0.717) is 12.1 Å². The molecule has 0 aliphatic rings. The molecule has 0 aliphatic heterocycles. The van der Waals surface area contributed by atoms with E-state index < -0.39 is 15.9 Å². The summed E-state index contributed by atoms with van der Waals surface area (Å²) in [4.78, 5) is 17.5. The molecular formula is C26H27N3O3S. The number of carbonyl (C=O) groups is 1. The SMILES string of the molecule is CCCCc1nc2ccccc2n1Cc1ccc(C(=O)NS(=O)(=O)c2ccccc2C)cc1. The Kier molecular flexibility index (Phi) is 6.60. The van der Waals surface area contributed by atoms with Crippen LogP contribution in [0.25, 0.3) is 11.0 Å². The van der Waals surface area contributed by atoms with E-state index in [1.165, 1.54) is 6.07 Å². The first-order valence-electron chi connectivity index (χ1n) is 11.0. The van der Waals surface area contributed by atoms with Crippen LogP contribution >= 0.6 is 0 Å². The van der Waals surface area contributed by atoms with E-state index in [0.717, 1.165) is 41.7 Å². The Morgan fingerprint density at radius 3 is 2.39 bits per heavy atom. The van der Waals surface area contributed by atoms with Gasteiger partial charge in [-0.25, -0.2) is 18.1 Å². The van der Waals surface area contributed by atoms with Gasteiger partial charge in [0, 0.05) is 18.5 Å². The molecule has 0 bridgehead atoms. The van der Waals surface area contributed by atoms with E-state index in [1.54, 1.807) is 37.3 Å². The van der Waals surface area contributed by atoms with Gasteiger partial charge < -0.3 is 4.57 Å². The van der Waals surface area contributed by atoms with Crippen molar-refractivity contribution in [2.45, 2.75) is 44.6 Å². The minimum absolute atomic E-state index is 0.0987. The second kappa shape index (κ2) is 9.58. The molecule has 3 aromatic carbocycles. The predicted molar refractivity (Wildman–Crippen MR) is 130 cm³/mol. The highest BCUT2D eigenvalue weighted by molar-refractivity contribution is 7.90. The van der Waals surface area contributed by atoms with Gasteiger partial charge in [0.1, 0.15) is 5.82 Å². The van der Waals surface area contributed by atoms with Crippen molar-refractivity contribution in [2.75, 3.05) is 0 Å². The minimum atomic E-state index is -3.94. The van der Waals surface area contributed by atoms with Gasteiger partial charge in [-0.15, -0.1) is 0 Å². The van der Waals surface area contributed by atoms with Crippen LogP contribution in [0.5, 0.6) is 0 Å². The van der Waals surface area contributed by atoms with Crippen molar-refractivity contribution in [3.63, 3.8) is 0 Å². The normalized spacial score (nSPS) is 11.6. The molecule has 1 N–H and O–H groups in total. The first-order valence-corrected chi connectivity index (χ1v) is 12.5. The highest BCUT2D eigenvalue weighted by Crippen LogP contribution is 2.20. The van der Waals surface area contributed by atoms with Gasteiger partial charge in [0.15, 0.2) is 0 Å². The van der Waals surface area contributed by atoms with E-state index in [1.807, 2.05) is 30.3 Å². The summed E-state index contributed by atoms with van der Waals surface area (Å²) in [6.45, 7) is 4.49. The number of aromatic nitrogens is 2. The van der Waals surface area contributed by atoms with Crippen molar-refractivity contribution < 1.29 is 13.2 Å². The zero-order valence-electron chi connectivity index (χ0n) is 18.8. The number of sulfonamides is 1. The van der Waals surface area contributed by atoms with Crippen molar-refractivity contribution in [1.29, 1.82) is 0 Å². The molecule has 0 saturated carbocycles. The maximum Gasteiger partial charge on any atom is 0.264 e. The monoisotopic (exact) mass is 461 g/mol. The molecule has 1 aromatic heterocycles. The number of fused-ring (bicyclic) bond motifs is 1. The molecular weight excluding hydrogens is 434 g/mol. The topological polar surface area (TPSA) is 81.1 Å². The summed E-state index contributed by atoms with van der Waals surface area (Å²) in [5.74, 6) is 0.394. The summed E-state index contributed by atoms with van der Waals surface area (Å²) in [5, 5.41) is 0. The number of unbranched alkanes of at least 4 members (excludes halogenated alkanes) is 1. The number of imidazole rings is 1. The molecule has 1 amide bonds. The zero-order chi connectivity index (χ0) is 23.4. The lowest BCUT2D eigenvalue weighted by atomic mass is 10.1. The number of nitrogens with zero attached hydrogens (tertiary/aromatic N) is 2. The summed E-state index contributed by atoms with van der Waals surface area (Å²) < 4.78 is 29.6. The van der Waals surface area contributed by atoms with Crippen LogP contribution in [-0.4, -0.2) is 23.9 Å². The number of hydrogen-bond acceptors (Lipinski definition) is 4. The fraction of sp³-hybridized carbons (Fsp3) is 0.231. The molecule has 4 aromatic rings. The van der Waals surface area contributed by atoms with Crippen LogP contribution in [0, 0.1) is 6.92 Å². The standard InChI is InChI=1S/C26H27N3O3S/c1-3-4-13-25-27-22-10-6-7-11-23(22)29(25)18-20-14-16-21(17-15-20)26(30)28-33(31,32)24-12-8-5-9-19(24)2/h5-12,14-17H,3-4,13,18H2,1-2H3,(H,28,30). The molecule has 170 valence electrons. The number of carbonyl (C=O) groups excluding carboxylic acids is 1. The molecule has 0 atom stereocenters. The van der Waals surface area contributed by atoms with E-state index in [2.05, 4.69) is 22.3 Å². The average Bonchev–Trinajstić information content (AvgIpc) is 3.15. The molecule has 0 aliphatic carbocycles. The maximum atomic E-state index is 12.6. The Bertz CT molecular complexity index is 1390. The third-order valence-corrected chi connectivity index (χ3v) is 7.15. The van der Waals surface area contributed by atoms with E-state index >= 15 is 0 Å². The van der Waals surface area contributed by atoms with Crippen molar-refractivity contribution in [2.24, 2.45) is 0 Å². The third kappa shape index (κ3) is 4.98. The molecule has 0 saturated heterocycles. The number of aryl methyl sites for hydroxylation is 2. The van der Waals surface area contributed by atoms with Crippen LogP contribution in [0.3, 0.4) is 0 Å². The van der Waals surface area contributed by atoms with Crippen LogP contribution < -0.4 is 4.72 Å². The second-order valence-corrected chi connectivity index (χ2v) is 9.75. The van der Waals surface area contributed by atoms with Crippen LogP contribution in [0.2, 0.25) is 0 Å². The lowest BCUT2D eigenvalue weighted by Crippen LogP contribution is -2.31. The van der Waals surface area contributed by atoms with E-state index in [-0.39, 0.29) is 10.5 Å². The number of amides is 1. The number of nitrogens with one attached hydrogen (secondary N) is 1. The van der Waals surface area contributed by atoms with Gasteiger partial charge >= 0.3 is 0 Å². The quantitative estimate of drug-likeness (QED) is 0.407. The number of benzene rings is 3. The first kappa shape index (κ1) is 22.7. The lowest BCUT2D eigenvalue weighted by Gasteiger charge is -2.11. The minimum Gasteiger partial charge on any atom is -0.323 e. The van der Waals surface area contributed by atoms with Gasteiger partial charge in [0.05, 0.1) is 15.9 Å². The molecule has 0 radical (unpaired) electrons. The summed E-state index contributed by atoms with van der Waals surface area (Å²) >= 11 is 0.